The van der Waals surface area contributed by atoms with Gasteiger partial charge in [-0.25, -0.2) is 20.8 Å². The number of aliphatic imine (C=N–C) groups is 1. The largest absolute Gasteiger partial charge is 0.479 e. The molecule has 3 aliphatic rings. The first-order chi connectivity index (χ1) is 17.1. The van der Waals surface area contributed by atoms with Gasteiger partial charge >= 0.3 is 6.18 Å². The molecule has 6 rings (SSSR count). The van der Waals surface area contributed by atoms with Crippen LogP contribution in [-0.2, 0) is 11.6 Å². The fourth-order valence-electron chi connectivity index (χ4n) is 5.26. The minimum atomic E-state index is -4.39. The fraction of sp³-hybridized carbons (Fsp3) is 0.346. The molecule has 10 heteroatoms. The number of pyridine rings is 1. The van der Waals surface area contributed by atoms with Crippen molar-refractivity contribution in [2.45, 2.75) is 50.2 Å². The van der Waals surface area contributed by atoms with Crippen LogP contribution in [0.1, 0.15) is 48.2 Å². The lowest BCUT2D eigenvalue weighted by molar-refractivity contribution is -0.137. The molecule has 188 valence electrons. The Labute approximate surface area is 207 Å². The summed E-state index contributed by atoms with van der Waals surface area (Å²) in [6.07, 6.45) is 2.34. The zero-order chi connectivity index (χ0) is 25.7. The van der Waals surface area contributed by atoms with E-state index in [2.05, 4.69) is 16.5 Å². The SMILES string of the molecule is C=C(/N=C1\N(N)C2CCC1(c1ccc(C(F)(F)F)cc1)CC2)c1ccc(-n2cnc(C)c2)c(OC)n1. The third-order valence-electron chi connectivity index (χ3n) is 7.20. The summed E-state index contributed by atoms with van der Waals surface area (Å²) in [5, 5.41) is 1.66. The molecular weight excluding hydrogens is 469 g/mol. The smallest absolute Gasteiger partial charge is 0.416 e. The van der Waals surface area contributed by atoms with Gasteiger partial charge in [0.2, 0.25) is 5.88 Å². The van der Waals surface area contributed by atoms with E-state index in [1.165, 1.54) is 7.11 Å². The van der Waals surface area contributed by atoms with Gasteiger partial charge in [-0.15, -0.1) is 0 Å². The Morgan fingerprint density at radius 1 is 1.17 bits per heavy atom. The molecule has 1 aromatic carbocycles. The van der Waals surface area contributed by atoms with Crippen molar-refractivity contribution in [2.24, 2.45) is 10.8 Å². The molecule has 1 aliphatic carbocycles. The van der Waals surface area contributed by atoms with Crippen LogP contribution in [0, 0.1) is 6.92 Å². The average Bonchev–Trinajstić information content (AvgIpc) is 3.31. The second-order valence-corrected chi connectivity index (χ2v) is 9.32. The van der Waals surface area contributed by atoms with E-state index in [-0.39, 0.29) is 6.04 Å². The summed E-state index contributed by atoms with van der Waals surface area (Å²) in [5.74, 6) is 7.49. The van der Waals surface area contributed by atoms with Gasteiger partial charge in [0.1, 0.15) is 11.5 Å². The normalized spacial score (nSPS) is 22.8. The Morgan fingerprint density at radius 3 is 2.44 bits per heavy atom. The van der Waals surface area contributed by atoms with Crippen molar-refractivity contribution in [2.75, 3.05) is 7.11 Å². The van der Waals surface area contributed by atoms with Crippen molar-refractivity contribution in [3.8, 4) is 11.6 Å². The highest BCUT2D eigenvalue weighted by molar-refractivity contribution is 5.97. The summed E-state index contributed by atoms with van der Waals surface area (Å²) in [6, 6.07) is 9.12. The lowest BCUT2D eigenvalue weighted by atomic mass is 9.63. The molecule has 0 amide bonds. The van der Waals surface area contributed by atoms with Crippen molar-refractivity contribution >= 4 is 11.5 Å². The fourth-order valence-corrected chi connectivity index (χ4v) is 5.26. The second-order valence-electron chi connectivity index (χ2n) is 9.32. The van der Waals surface area contributed by atoms with E-state index in [1.54, 1.807) is 29.5 Å². The van der Waals surface area contributed by atoms with E-state index >= 15 is 0 Å². The first-order valence-corrected chi connectivity index (χ1v) is 11.7. The molecule has 0 spiro atoms. The van der Waals surface area contributed by atoms with Gasteiger partial charge in [-0.1, -0.05) is 18.7 Å². The average molecular weight is 497 g/mol. The number of halogens is 3. The maximum absolute atomic E-state index is 13.2. The second kappa shape index (κ2) is 8.77. The number of methoxy groups -OCH3 is 1. The molecule has 3 fully saturated rings. The van der Waals surface area contributed by atoms with Crippen molar-refractivity contribution in [1.82, 2.24) is 19.5 Å². The lowest BCUT2D eigenvalue weighted by Gasteiger charge is -2.52. The number of alkyl halides is 3. The predicted octanol–water partition coefficient (Wildman–Crippen LogP) is 5.04. The summed E-state index contributed by atoms with van der Waals surface area (Å²) in [7, 11) is 1.54. The number of aryl methyl sites for hydroxylation is 1. The third-order valence-corrected chi connectivity index (χ3v) is 7.20. The molecule has 4 heterocycles. The molecule has 7 nitrogen and oxygen atoms in total. The standard InChI is InChI=1S/C26H27F3N6O/c1-16-14-34(15-31-16)22-9-8-21(33-23(22)36-3)17(2)32-24-25(12-10-20(11-13-25)35(24)30)18-4-6-19(7-5-18)26(27,28)29/h4-9,14-15,20H,2,10-13,30H2,1,3H3/b32-24-. The van der Waals surface area contributed by atoms with Gasteiger partial charge in [0.25, 0.3) is 0 Å². The highest BCUT2D eigenvalue weighted by Crippen LogP contribution is 2.48. The molecule has 0 atom stereocenters. The molecule has 3 aromatic rings. The third kappa shape index (κ3) is 4.05. The van der Waals surface area contributed by atoms with Gasteiger partial charge in [0, 0.05) is 12.2 Å². The topological polar surface area (TPSA) is 81.6 Å². The number of piperidine rings is 2. The van der Waals surface area contributed by atoms with Gasteiger partial charge in [-0.05, 0) is 62.4 Å². The molecule has 2 aliphatic heterocycles. The quantitative estimate of drug-likeness (QED) is 0.501. The summed E-state index contributed by atoms with van der Waals surface area (Å²) in [6.45, 7) is 6.03. The summed E-state index contributed by atoms with van der Waals surface area (Å²) in [5.41, 5.74) is 2.00. The predicted molar refractivity (Wildman–Crippen MR) is 131 cm³/mol. The number of fused-ring (bicyclic) bond motifs is 3. The van der Waals surface area contributed by atoms with Gasteiger partial charge in [-0.2, -0.15) is 13.2 Å². The van der Waals surface area contributed by atoms with Gasteiger partial charge < -0.3 is 9.30 Å². The number of nitrogens with zero attached hydrogens (tertiary/aromatic N) is 5. The van der Waals surface area contributed by atoms with Crippen LogP contribution in [0.25, 0.3) is 11.4 Å². The Balaban J connectivity index is 1.52. The van der Waals surface area contributed by atoms with Gasteiger partial charge in [0.15, 0.2) is 0 Å². The summed E-state index contributed by atoms with van der Waals surface area (Å²) < 4.78 is 46.8. The minimum absolute atomic E-state index is 0.127. The zero-order valence-corrected chi connectivity index (χ0v) is 20.1. The molecule has 36 heavy (non-hydrogen) atoms. The Hall–Kier alpha value is -3.66. The van der Waals surface area contributed by atoms with E-state index < -0.39 is 17.2 Å². The number of ether oxygens (including phenoxy) is 1. The molecule has 2 bridgehead atoms. The summed E-state index contributed by atoms with van der Waals surface area (Å²) in [4.78, 5) is 13.7. The highest BCUT2D eigenvalue weighted by atomic mass is 19.4. The number of rotatable bonds is 5. The number of hydrogen-bond donors (Lipinski definition) is 1. The number of hydrogen-bond acceptors (Lipinski definition) is 5. The van der Waals surface area contributed by atoms with Gasteiger partial charge in [-0.3, -0.25) is 5.01 Å². The van der Waals surface area contributed by atoms with Crippen LogP contribution < -0.4 is 10.6 Å². The minimum Gasteiger partial charge on any atom is -0.479 e. The Morgan fingerprint density at radius 2 is 1.86 bits per heavy atom. The number of imidazole rings is 1. The van der Waals surface area contributed by atoms with Crippen molar-refractivity contribution < 1.29 is 17.9 Å². The molecule has 1 saturated carbocycles. The van der Waals surface area contributed by atoms with E-state index in [0.29, 0.717) is 23.1 Å². The van der Waals surface area contributed by atoms with Crippen LogP contribution in [-0.4, -0.2) is 38.5 Å². The highest BCUT2D eigenvalue weighted by Gasteiger charge is 2.50. The first kappa shape index (κ1) is 24.1. The van der Waals surface area contributed by atoms with Crippen molar-refractivity contribution in [1.29, 1.82) is 0 Å². The molecule has 2 N–H and O–H groups in total. The maximum atomic E-state index is 13.2. The number of aromatic nitrogens is 3. The lowest BCUT2D eigenvalue weighted by Crippen LogP contribution is -2.63. The van der Waals surface area contributed by atoms with Crippen LogP contribution in [0.3, 0.4) is 0 Å². The number of amidine groups is 1. The number of nitrogens with two attached hydrogens (primary N) is 1. The zero-order valence-electron chi connectivity index (χ0n) is 20.1. The molecule has 0 radical (unpaired) electrons. The Kier molecular flexibility index (Phi) is 5.86. The summed E-state index contributed by atoms with van der Waals surface area (Å²) >= 11 is 0. The number of hydrazine groups is 1. The van der Waals surface area contributed by atoms with Crippen LogP contribution in [0.5, 0.6) is 5.88 Å². The van der Waals surface area contributed by atoms with Crippen LogP contribution in [0.15, 0.2) is 60.5 Å². The van der Waals surface area contributed by atoms with Crippen molar-refractivity contribution in [3.63, 3.8) is 0 Å². The first-order valence-electron chi connectivity index (χ1n) is 11.7. The molecule has 2 aromatic heterocycles. The van der Waals surface area contributed by atoms with E-state index in [1.807, 2.05) is 23.8 Å². The van der Waals surface area contributed by atoms with E-state index in [4.69, 9.17) is 15.6 Å². The molecule has 2 saturated heterocycles. The van der Waals surface area contributed by atoms with Crippen molar-refractivity contribution in [3.05, 3.63) is 78.0 Å². The molecular formula is C26H27F3N6O. The monoisotopic (exact) mass is 496 g/mol. The van der Waals surface area contributed by atoms with Gasteiger partial charge in [0.05, 0.1) is 41.5 Å². The number of benzene rings is 1. The molecule has 0 unspecified atom stereocenters. The Bertz CT molecular complexity index is 1320. The maximum Gasteiger partial charge on any atom is 0.416 e. The van der Waals surface area contributed by atoms with E-state index in [0.717, 1.165) is 54.8 Å². The van der Waals surface area contributed by atoms with Crippen LogP contribution >= 0.6 is 0 Å². The van der Waals surface area contributed by atoms with Crippen LogP contribution in [0.2, 0.25) is 0 Å². The van der Waals surface area contributed by atoms with E-state index in [9.17, 15) is 13.2 Å². The van der Waals surface area contributed by atoms with Crippen LogP contribution in [0.4, 0.5) is 13.2 Å².